The van der Waals surface area contributed by atoms with Gasteiger partial charge in [0.2, 0.25) is 0 Å². The first-order valence-electron chi connectivity index (χ1n) is 7.34. The van der Waals surface area contributed by atoms with E-state index in [-0.39, 0.29) is 23.6 Å². The van der Waals surface area contributed by atoms with Gasteiger partial charge in [0.25, 0.3) is 0 Å². The van der Waals surface area contributed by atoms with E-state index >= 15 is 0 Å². The smallest absolute Gasteiger partial charge is 0.141 e. The van der Waals surface area contributed by atoms with Crippen molar-refractivity contribution in [1.29, 1.82) is 0 Å². The minimum atomic E-state index is -0.199. The van der Waals surface area contributed by atoms with Crippen LogP contribution in [0.5, 0.6) is 0 Å². The maximum absolute atomic E-state index is 8.90. The second-order valence-electron chi connectivity index (χ2n) is 6.34. The Kier molecular flexibility index (Phi) is 4.85. The molecule has 5 nitrogen and oxygen atoms in total. The molecular formula is C16H25N3O2. The molecule has 2 rings (SSSR count). The van der Waals surface area contributed by atoms with Crippen molar-refractivity contribution in [2.24, 2.45) is 10.9 Å². The summed E-state index contributed by atoms with van der Waals surface area (Å²) in [5, 5.41) is 12.0. The van der Waals surface area contributed by atoms with Gasteiger partial charge in [0.05, 0.1) is 11.7 Å². The first-order chi connectivity index (χ1) is 9.91. The number of nitrogens with zero attached hydrogens (tertiary/aromatic N) is 2. The molecule has 0 bridgehead atoms. The lowest BCUT2D eigenvalue weighted by Gasteiger charge is -2.45. The molecule has 0 amide bonds. The summed E-state index contributed by atoms with van der Waals surface area (Å²) >= 11 is 0. The Morgan fingerprint density at radius 3 is 2.71 bits per heavy atom. The summed E-state index contributed by atoms with van der Waals surface area (Å²) in [7, 11) is 0. The standard InChI is InChI=1S/C16H25N3O2/c1-12-10-19(11-16(2,3)21-12)14(9-15(17)18-20)13-7-5-4-6-8-13/h4-8,12,14,20H,9-11H2,1-3H3,(H2,17,18). The van der Waals surface area contributed by atoms with E-state index in [1.165, 1.54) is 5.56 Å². The third-order valence-electron chi connectivity index (χ3n) is 3.75. The molecular weight excluding hydrogens is 266 g/mol. The Morgan fingerprint density at radius 2 is 2.14 bits per heavy atom. The number of oxime groups is 1. The zero-order chi connectivity index (χ0) is 15.5. The average molecular weight is 291 g/mol. The summed E-state index contributed by atoms with van der Waals surface area (Å²) in [4.78, 5) is 2.36. The predicted molar refractivity (Wildman–Crippen MR) is 83.4 cm³/mol. The number of morpholine rings is 1. The molecule has 0 radical (unpaired) electrons. The van der Waals surface area contributed by atoms with E-state index in [1.807, 2.05) is 18.2 Å². The molecule has 1 heterocycles. The molecule has 116 valence electrons. The molecule has 1 aromatic rings. The van der Waals surface area contributed by atoms with Gasteiger partial charge >= 0.3 is 0 Å². The van der Waals surface area contributed by atoms with Crippen molar-refractivity contribution in [3.63, 3.8) is 0 Å². The summed E-state index contributed by atoms with van der Waals surface area (Å²) in [6.07, 6.45) is 0.663. The van der Waals surface area contributed by atoms with Crippen LogP contribution in [0.15, 0.2) is 35.5 Å². The zero-order valence-corrected chi connectivity index (χ0v) is 13.0. The van der Waals surface area contributed by atoms with Crippen molar-refractivity contribution in [3.05, 3.63) is 35.9 Å². The van der Waals surface area contributed by atoms with E-state index in [9.17, 15) is 0 Å². The summed E-state index contributed by atoms with van der Waals surface area (Å²) in [6.45, 7) is 7.93. The predicted octanol–water partition coefficient (Wildman–Crippen LogP) is 2.36. The SMILES string of the molecule is CC1CN(C(CC(N)=NO)c2ccccc2)CC(C)(C)O1. The van der Waals surface area contributed by atoms with Gasteiger partial charge in [-0.3, -0.25) is 4.90 Å². The van der Waals surface area contributed by atoms with Crippen LogP contribution < -0.4 is 5.73 Å². The summed E-state index contributed by atoms with van der Waals surface area (Å²) in [5.74, 6) is 0.251. The van der Waals surface area contributed by atoms with Crippen LogP contribution in [0.4, 0.5) is 0 Å². The van der Waals surface area contributed by atoms with Gasteiger partial charge in [0, 0.05) is 25.6 Å². The van der Waals surface area contributed by atoms with Gasteiger partial charge in [0.15, 0.2) is 0 Å². The van der Waals surface area contributed by atoms with E-state index in [0.717, 1.165) is 13.1 Å². The van der Waals surface area contributed by atoms with Crippen LogP contribution in [0.1, 0.15) is 38.8 Å². The first kappa shape index (κ1) is 15.8. The lowest BCUT2D eigenvalue weighted by Crippen LogP contribution is -2.53. The molecule has 1 aliphatic heterocycles. The molecule has 2 unspecified atom stereocenters. The van der Waals surface area contributed by atoms with Crippen LogP contribution in [0.2, 0.25) is 0 Å². The van der Waals surface area contributed by atoms with Gasteiger partial charge in [-0.1, -0.05) is 35.5 Å². The Labute approximate surface area is 126 Å². The Hall–Kier alpha value is -1.59. The van der Waals surface area contributed by atoms with Crippen molar-refractivity contribution >= 4 is 5.84 Å². The molecule has 0 aromatic heterocycles. The highest BCUT2D eigenvalue weighted by Gasteiger charge is 2.35. The number of nitrogens with two attached hydrogens (primary N) is 1. The number of benzene rings is 1. The number of rotatable bonds is 4. The lowest BCUT2D eigenvalue weighted by molar-refractivity contribution is -0.138. The van der Waals surface area contributed by atoms with E-state index in [4.69, 9.17) is 15.7 Å². The minimum absolute atomic E-state index is 0.0905. The quantitative estimate of drug-likeness (QED) is 0.387. The van der Waals surface area contributed by atoms with Crippen LogP contribution in [-0.2, 0) is 4.74 Å². The maximum atomic E-state index is 8.90. The molecule has 0 aliphatic carbocycles. The van der Waals surface area contributed by atoms with E-state index in [0.29, 0.717) is 6.42 Å². The molecule has 21 heavy (non-hydrogen) atoms. The van der Waals surface area contributed by atoms with Gasteiger partial charge in [-0.25, -0.2) is 0 Å². The number of hydrogen-bond acceptors (Lipinski definition) is 4. The van der Waals surface area contributed by atoms with Crippen LogP contribution in [0.25, 0.3) is 0 Å². The largest absolute Gasteiger partial charge is 0.409 e. The molecule has 0 saturated carbocycles. The van der Waals surface area contributed by atoms with Crippen molar-refractivity contribution in [1.82, 2.24) is 4.90 Å². The Morgan fingerprint density at radius 1 is 1.48 bits per heavy atom. The Balaban J connectivity index is 2.26. The molecule has 2 atom stereocenters. The maximum Gasteiger partial charge on any atom is 0.141 e. The fourth-order valence-corrected chi connectivity index (χ4v) is 3.11. The highest BCUT2D eigenvalue weighted by Crippen LogP contribution is 2.31. The van der Waals surface area contributed by atoms with E-state index < -0.39 is 0 Å². The molecule has 1 fully saturated rings. The first-order valence-corrected chi connectivity index (χ1v) is 7.34. The molecule has 1 aromatic carbocycles. The van der Waals surface area contributed by atoms with Gasteiger partial charge in [-0.2, -0.15) is 0 Å². The average Bonchev–Trinajstić information content (AvgIpc) is 2.43. The second-order valence-corrected chi connectivity index (χ2v) is 6.34. The molecule has 3 N–H and O–H groups in total. The molecule has 5 heteroatoms. The third kappa shape index (κ3) is 4.19. The minimum Gasteiger partial charge on any atom is -0.409 e. The third-order valence-corrected chi connectivity index (χ3v) is 3.75. The summed E-state index contributed by atoms with van der Waals surface area (Å²) < 4.78 is 5.97. The summed E-state index contributed by atoms with van der Waals surface area (Å²) in [5.41, 5.74) is 6.74. The van der Waals surface area contributed by atoms with Crippen LogP contribution in [0, 0.1) is 0 Å². The van der Waals surface area contributed by atoms with Gasteiger partial charge in [-0.15, -0.1) is 0 Å². The number of ether oxygens (including phenoxy) is 1. The van der Waals surface area contributed by atoms with Crippen LogP contribution >= 0.6 is 0 Å². The normalized spacial score (nSPS) is 24.7. The lowest BCUT2D eigenvalue weighted by atomic mass is 9.97. The Bertz CT molecular complexity index is 488. The summed E-state index contributed by atoms with van der Waals surface area (Å²) in [6, 6.07) is 10.3. The van der Waals surface area contributed by atoms with Gasteiger partial charge in [-0.05, 0) is 26.3 Å². The van der Waals surface area contributed by atoms with Gasteiger partial charge < -0.3 is 15.7 Å². The number of amidine groups is 1. The molecule has 0 spiro atoms. The molecule has 1 aliphatic rings. The van der Waals surface area contributed by atoms with Crippen LogP contribution in [-0.4, -0.2) is 40.7 Å². The van der Waals surface area contributed by atoms with Crippen molar-refractivity contribution in [2.45, 2.75) is 44.9 Å². The monoisotopic (exact) mass is 291 g/mol. The fourth-order valence-electron chi connectivity index (χ4n) is 3.11. The highest BCUT2D eigenvalue weighted by molar-refractivity contribution is 5.80. The zero-order valence-electron chi connectivity index (χ0n) is 13.0. The second kappa shape index (κ2) is 6.45. The fraction of sp³-hybridized carbons (Fsp3) is 0.562. The van der Waals surface area contributed by atoms with Crippen molar-refractivity contribution in [3.8, 4) is 0 Å². The van der Waals surface area contributed by atoms with Crippen LogP contribution in [0.3, 0.4) is 0 Å². The highest BCUT2D eigenvalue weighted by atomic mass is 16.5. The number of hydrogen-bond donors (Lipinski definition) is 2. The van der Waals surface area contributed by atoms with Gasteiger partial charge in [0.1, 0.15) is 5.84 Å². The topological polar surface area (TPSA) is 71.1 Å². The molecule has 1 saturated heterocycles. The van der Waals surface area contributed by atoms with E-state index in [1.54, 1.807) is 0 Å². The van der Waals surface area contributed by atoms with Crippen molar-refractivity contribution in [2.75, 3.05) is 13.1 Å². The van der Waals surface area contributed by atoms with Crippen molar-refractivity contribution < 1.29 is 9.94 Å². The van der Waals surface area contributed by atoms with E-state index in [2.05, 4.69) is 43.0 Å².